The van der Waals surface area contributed by atoms with E-state index in [0.717, 1.165) is 12.0 Å². The van der Waals surface area contributed by atoms with Crippen molar-refractivity contribution in [2.24, 2.45) is 11.7 Å². The van der Waals surface area contributed by atoms with Crippen LogP contribution in [0.2, 0.25) is 0 Å². The monoisotopic (exact) mass is 485 g/mol. The number of nitrogens with zero attached hydrogens (tertiary/aromatic N) is 3. The highest BCUT2D eigenvalue weighted by atomic mass is 16.4. The largest absolute Gasteiger partial charge is 0.493 e. The molecule has 186 valence electrons. The molecule has 2 aromatic rings. The third-order valence-electron chi connectivity index (χ3n) is 5.58. The van der Waals surface area contributed by atoms with Gasteiger partial charge in [-0.2, -0.15) is 9.97 Å². The first kappa shape index (κ1) is 25.2. The number of aliphatic carboxylic acids is 1. The van der Waals surface area contributed by atoms with Crippen LogP contribution in [0.15, 0.2) is 24.3 Å². The highest BCUT2D eigenvalue weighted by molar-refractivity contribution is 5.96. The second-order valence-corrected chi connectivity index (χ2v) is 8.28. The molecule has 0 saturated heterocycles. The summed E-state index contributed by atoms with van der Waals surface area (Å²) in [7, 11) is 0. The highest BCUT2D eigenvalue weighted by Crippen LogP contribution is 2.30. The number of nitrogens with two attached hydrogens (primary N) is 2. The lowest BCUT2D eigenvalue weighted by atomic mass is 9.96. The minimum absolute atomic E-state index is 0.00392. The molecule has 35 heavy (non-hydrogen) atoms. The number of rotatable bonds is 11. The van der Waals surface area contributed by atoms with Crippen LogP contribution in [0.25, 0.3) is 0 Å². The molecule has 1 aliphatic heterocycles. The molecule has 3 rings (SSSR count). The summed E-state index contributed by atoms with van der Waals surface area (Å²) in [5.74, 6) is -2.24. The van der Waals surface area contributed by atoms with Crippen LogP contribution >= 0.6 is 0 Å². The summed E-state index contributed by atoms with van der Waals surface area (Å²) in [4.78, 5) is 55.7. The number of hydrogen-bond donors (Lipinski definition) is 6. The number of hydrogen-bond acceptors (Lipinski definition) is 9. The second-order valence-electron chi connectivity index (χ2n) is 8.28. The summed E-state index contributed by atoms with van der Waals surface area (Å²) in [6.07, 6.45) is 0.922. The molecule has 2 heterocycles. The molecule has 0 radical (unpaired) electrons. The first-order valence-corrected chi connectivity index (χ1v) is 10.9. The van der Waals surface area contributed by atoms with Crippen molar-refractivity contribution in [2.45, 2.75) is 31.8 Å². The van der Waals surface area contributed by atoms with Crippen molar-refractivity contribution in [3.05, 3.63) is 41.0 Å². The Morgan fingerprint density at radius 1 is 1.26 bits per heavy atom. The summed E-state index contributed by atoms with van der Waals surface area (Å²) in [5.41, 5.74) is 12.1. The van der Waals surface area contributed by atoms with Crippen molar-refractivity contribution < 1.29 is 29.4 Å². The molecule has 1 aliphatic rings. The lowest BCUT2D eigenvalue weighted by molar-refractivity contribution is -0.139. The van der Waals surface area contributed by atoms with Crippen LogP contribution in [0.3, 0.4) is 0 Å². The number of anilines is 2. The number of carbonyl (C=O) groups is 4. The van der Waals surface area contributed by atoms with Crippen molar-refractivity contribution in [1.29, 1.82) is 0 Å². The molecule has 0 spiro atoms. The first-order valence-electron chi connectivity index (χ1n) is 10.9. The number of nitrogen functional groups attached to an aromatic ring is 1. The molecule has 0 unspecified atom stereocenters. The number of carbonyl (C=O) groups excluding carboxylic acids is 3. The molecule has 1 aromatic heterocycles. The number of amides is 3. The Labute approximate surface area is 200 Å². The molecule has 1 aromatic carbocycles. The molecule has 13 heteroatoms. The van der Waals surface area contributed by atoms with Crippen LogP contribution in [0.5, 0.6) is 5.88 Å². The maximum absolute atomic E-state index is 12.4. The van der Waals surface area contributed by atoms with Crippen LogP contribution < -0.4 is 22.1 Å². The fourth-order valence-electron chi connectivity index (χ4n) is 3.81. The zero-order valence-electron chi connectivity index (χ0n) is 18.8. The summed E-state index contributed by atoms with van der Waals surface area (Å²) >= 11 is 0. The summed E-state index contributed by atoms with van der Waals surface area (Å²) in [6, 6.07) is 5.15. The van der Waals surface area contributed by atoms with Gasteiger partial charge in [0.2, 0.25) is 24.1 Å². The van der Waals surface area contributed by atoms with E-state index in [1.165, 1.54) is 12.1 Å². The normalized spacial score (nSPS) is 15.3. The van der Waals surface area contributed by atoms with E-state index in [1.54, 1.807) is 17.0 Å². The fraction of sp³-hybridized carbons (Fsp3) is 0.364. The van der Waals surface area contributed by atoms with Gasteiger partial charge in [0.05, 0.1) is 5.56 Å². The Bertz CT molecular complexity index is 1110. The lowest BCUT2D eigenvalue weighted by Gasteiger charge is -2.29. The molecule has 8 N–H and O–H groups in total. The Balaban J connectivity index is 1.57. The van der Waals surface area contributed by atoms with Gasteiger partial charge in [-0.25, -0.2) is 4.79 Å². The Hall–Kier alpha value is -4.42. The fourth-order valence-corrected chi connectivity index (χ4v) is 3.81. The van der Waals surface area contributed by atoms with E-state index >= 15 is 0 Å². The van der Waals surface area contributed by atoms with Crippen LogP contribution in [0.1, 0.15) is 34.3 Å². The molecule has 0 fully saturated rings. The van der Waals surface area contributed by atoms with Gasteiger partial charge < -0.3 is 37.2 Å². The number of carboxylic acid groups (broad SMARTS) is 1. The van der Waals surface area contributed by atoms with Crippen molar-refractivity contribution in [3.63, 3.8) is 0 Å². The summed E-state index contributed by atoms with van der Waals surface area (Å²) in [6.45, 7) is 1.23. The maximum atomic E-state index is 12.4. The Kier molecular flexibility index (Phi) is 8.02. The van der Waals surface area contributed by atoms with Crippen molar-refractivity contribution in [3.8, 4) is 5.88 Å². The summed E-state index contributed by atoms with van der Waals surface area (Å²) in [5, 5.41) is 24.8. The molecular formula is C22H27N7O6. The molecule has 3 amide bonds. The number of fused-ring (bicyclic) bond motifs is 1. The number of aromatic hydroxyl groups is 1. The number of primary amides is 1. The minimum Gasteiger partial charge on any atom is -0.493 e. The van der Waals surface area contributed by atoms with Gasteiger partial charge in [0, 0.05) is 31.6 Å². The van der Waals surface area contributed by atoms with Crippen LogP contribution in [-0.4, -0.2) is 68.4 Å². The van der Waals surface area contributed by atoms with Crippen LogP contribution in [0.4, 0.5) is 11.8 Å². The number of nitrogens with one attached hydrogen (secondary N) is 2. The van der Waals surface area contributed by atoms with Gasteiger partial charge >= 0.3 is 5.97 Å². The Morgan fingerprint density at radius 3 is 2.60 bits per heavy atom. The zero-order valence-corrected chi connectivity index (χ0v) is 18.8. The van der Waals surface area contributed by atoms with Gasteiger partial charge in [-0.1, -0.05) is 12.1 Å². The van der Waals surface area contributed by atoms with Crippen molar-refractivity contribution in [2.75, 3.05) is 24.1 Å². The highest BCUT2D eigenvalue weighted by Gasteiger charge is 2.25. The van der Waals surface area contributed by atoms with E-state index < -0.39 is 23.8 Å². The number of benzene rings is 1. The van der Waals surface area contributed by atoms with E-state index in [4.69, 9.17) is 11.5 Å². The lowest BCUT2D eigenvalue weighted by Crippen LogP contribution is -2.41. The molecule has 13 nitrogen and oxygen atoms in total. The van der Waals surface area contributed by atoms with Crippen molar-refractivity contribution in [1.82, 2.24) is 20.2 Å². The third kappa shape index (κ3) is 6.79. The smallest absolute Gasteiger partial charge is 0.326 e. The van der Waals surface area contributed by atoms with E-state index in [2.05, 4.69) is 20.6 Å². The van der Waals surface area contributed by atoms with E-state index in [9.17, 15) is 29.4 Å². The SMILES string of the molecule is NC(=O)CC[C@@H](NC(=O)c1ccc(CN(C=O)C[C@@H]2CNc3nc(N)nc(O)c3C2)cc1)C(=O)O. The third-order valence-corrected chi connectivity index (χ3v) is 5.58. The molecule has 0 saturated carbocycles. The Morgan fingerprint density at radius 2 is 1.97 bits per heavy atom. The van der Waals surface area contributed by atoms with Crippen LogP contribution in [0, 0.1) is 5.92 Å². The topological polar surface area (TPSA) is 214 Å². The standard InChI is InChI=1S/C22H27N7O6/c23-17(31)6-5-16(21(34)35)26-19(32)14-3-1-12(2-4-14)9-29(11-30)10-13-7-15-18(25-8-13)27-22(24)28-20(15)33/h1-4,11,13,16H,5-10H2,(H2,23,31)(H,26,32)(H,34,35)(H4,24,25,27,28,33)/t13-,16+/m0/s1. The van der Waals surface area contributed by atoms with E-state index in [-0.39, 0.29) is 42.7 Å². The van der Waals surface area contributed by atoms with Gasteiger partial charge in [-0.15, -0.1) is 0 Å². The van der Waals surface area contributed by atoms with Gasteiger partial charge in [-0.3, -0.25) is 14.4 Å². The first-order chi connectivity index (χ1) is 16.7. The molecular weight excluding hydrogens is 458 g/mol. The summed E-state index contributed by atoms with van der Waals surface area (Å²) < 4.78 is 0. The quantitative estimate of drug-likeness (QED) is 0.223. The van der Waals surface area contributed by atoms with E-state index in [1.807, 2.05) is 0 Å². The predicted molar refractivity (Wildman–Crippen MR) is 124 cm³/mol. The average molecular weight is 486 g/mol. The van der Waals surface area contributed by atoms with Gasteiger partial charge in [0.25, 0.3) is 5.91 Å². The van der Waals surface area contributed by atoms with Gasteiger partial charge in [-0.05, 0) is 36.5 Å². The maximum Gasteiger partial charge on any atom is 0.326 e. The van der Waals surface area contributed by atoms with Crippen molar-refractivity contribution >= 4 is 36.0 Å². The minimum atomic E-state index is -1.26. The van der Waals surface area contributed by atoms with Gasteiger partial charge in [0.15, 0.2) is 0 Å². The van der Waals surface area contributed by atoms with Crippen LogP contribution in [-0.2, 0) is 27.3 Å². The number of aromatic nitrogens is 2. The number of carboxylic acids is 1. The molecule has 2 atom stereocenters. The second kappa shape index (κ2) is 11.1. The van der Waals surface area contributed by atoms with Gasteiger partial charge in [0.1, 0.15) is 11.9 Å². The van der Waals surface area contributed by atoms with E-state index in [0.29, 0.717) is 30.9 Å². The zero-order chi connectivity index (χ0) is 25.5. The average Bonchev–Trinajstić information content (AvgIpc) is 2.81. The molecule has 0 aliphatic carbocycles. The molecule has 0 bridgehead atoms. The predicted octanol–water partition coefficient (Wildman–Crippen LogP) is -0.544.